The van der Waals surface area contributed by atoms with E-state index in [9.17, 15) is 0 Å². The molecule has 0 amide bonds. The van der Waals surface area contributed by atoms with Gasteiger partial charge in [0.2, 0.25) is 0 Å². The van der Waals surface area contributed by atoms with Crippen LogP contribution in [-0.4, -0.2) is 9.97 Å². The van der Waals surface area contributed by atoms with Crippen molar-refractivity contribution in [3.8, 4) is 0 Å². The molecule has 0 radical (unpaired) electrons. The lowest BCUT2D eigenvalue weighted by atomic mass is 9.87. The molecule has 2 aliphatic carbocycles. The quantitative estimate of drug-likeness (QED) is 0.824. The van der Waals surface area contributed by atoms with Crippen LogP contribution in [0.15, 0.2) is 6.20 Å². The molecule has 1 heterocycles. The highest BCUT2D eigenvalue weighted by Gasteiger charge is 2.34. The summed E-state index contributed by atoms with van der Waals surface area (Å²) < 4.78 is 0. The van der Waals surface area contributed by atoms with Crippen molar-refractivity contribution in [2.24, 2.45) is 5.73 Å². The SMILES string of the molecule is NC1(c2ncc(C3CCCCC3)[nH]2)CCCC1. The molecule has 2 aliphatic rings. The van der Waals surface area contributed by atoms with Gasteiger partial charge in [-0.3, -0.25) is 0 Å². The maximum Gasteiger partial charge on any atom is 0.126 e. The predicted molar refractivity (Wildman–Crippen MR) is 68.7 cm³/mol. The van der Waals surface area contributed by atoms with Gasteiger partial charge in [-0.1, -0.05) is 32.1 Å². The smallest absolute Gasteiger partial charge is 0.126 e. The normalized spacial score (nSPS) is 25.2. The molecule has 3 rings (SSSR count). The highest BCUT2D eigenvalue weighted by molar-refractivity contribution is 5.15. The maximum atomic E-state index is 6.43. The first-order valence-corrected chi connectivity index (χ1v) is 7.12. The molecule has 1 aromatic rings. The van der Waals surface area contributed by atoms with Gasteiger partial charge in [0.15, 0.2) is 0 Å². The summed E-state index contributed by atoms with van der Waals surface area (Å²) in [6, 6.07) is 0. The molecule has 3 heteroatoms. The summed E-state index contributed by atoms with van der Waals surface area (Å²) in [5.41, 5.74) is 7.60. The molecule has 0 aromatic carbocycles. The standard InChI is InChI=1S/C14H23N3/c15-14(8-4-5-9-14)13-16-10-12(17-13)11-6-2-1-3-7-11/h10-11H,1-9,15H2,(H,16,17). The van der Waals surface area contributed by atoms with Crippen LogP contribution in [0.1, 0.15) is 75.2 Å². The fourth-order valence-corrected chi connectivity index (χ4v) is 3.45. The predicted octanol–water partition coefficient (Wildman–Crippen LogP) is 3.19. The largest absolute Gasteiger partial charge is 0.344 e. The summed E-state index contributed by atoms with van der Waals surface area (Å²) in [4.78, 5) is 8.09. The summed E-state index contributed by atoms with van der Waals surface area (Å²) in [6.07, 6.45) is 13.5. The minimum atomic E-state index is -0.160. The molecule has 1 aromatic heterocycles. The fraction of sp³-hybridized carbons (Fsp3) is 0.786. The zero-order chi connectivity index (χ0) is 11.7. The third-order valence-electron chi connectivity index (χ3n) is 4.61. The Hall–Kier alpha value is -0.830. The Bertz CT molecular complexity index is 371. The first kappa shape index (κ1) is 11.3. The van der Waals surface area contributed by atoms with Gasteiger partial charge in [-0.15, -0.1) is 0 Å². The first-order valence-electron chi connectivity index (χ1n) is 7.12. The molecule has 2 fully saturated rings. The van der Waals surface area contributed by atoms with Crippen molar-refractivity contribution in [2.45, 2.75) is 69.2 Å². The Morgan fingerprint density at radius 2 is 1.82 bits per heavy atom. The molecule has 0 aliphatic heterocycles. The number of hydrogen-bond donors (Lipinski definition) is 2. The van der Waals surface area contributed by atoms with Crippen LogP contribution in [0.2, 0.25) is 0 Å². The molecule has 0 unspecified atom stereocenters. The number of imidazole rings is 1. The highest BCUT2D eigenvalue weighted by Crippen LogP contribution is 2.37. The molecule has 3 nitrogen and oxygen atoms in total. The van der Waals surface area contributed by atoms with E-state index in [1.165, 1.54) is 50.6 Å². The van der Waals surface area contributed by atoms with Gasteiger partial charge in [0.25, 0.3) is 0 Å². The van der Waals surface area contributed by atoms with Crippen LogP contribution in [0.5, 0.6) is 0 Å². The lowest BCUT2D eigenvalue weighted by Gasteiger charge is -2.22. The van der Waals surface area contributed by atoms with Gasteiger partial charge in [-0.25, -0.2) is 4.98 Å². The molecule has 0 atom stereocenters. The van der Waals surface area contributed by atoms with Crippen molar-refractivity contribution in [2.75, 3.05) is 0 Å². The lowest BCUT2D eigenvalue weighted by molar-refractivity contribution is 0.422. The molecular weight excluding hydrogens is 210 g/mol. The van der Waals surface area contributed by atoms with Crippen molar-refractivity contribution in [3.63, 3.8) is 0 Å². The summed E-state index contributed by atoms with van der Waals surface area (Å²) in [7, 11) is 0. The monoisotopic (exact) mass is 233 g/mol. The minimum Gasteiger partial charge on any atom is -0.344 e. The summed E-state index contributed by atoms with van der Waals surface area (Å²) in [6.45, 7) is 0. The van der Waals surface area contributed by atoms with Crippen molar-refractivity contribution in [1.82, 2.24) is 9.97 Å². The topological polar surface area (TPSA) is 54.7 Å². The summed E-state index contributed by atoms with van der Waals surface area (Å²) in [5, 5.41) is 0. The fourth-order valence-electron chi connectivity index (χ4n) is 3.45. The van der Waals surface area contributed by atoms with E-state index in [0.717, 1.165) is 18.7 Å². The molecule has 0 saturated heterocycles. The van der Waals surface area contributed by atoms with Gasteiger partial charge in [-0.2, -0.15) is 0 Å². The first-order chi connectivity index (χ1) is 8.28. The van der Waals surface area contributed by atoms with Crippen LogP contribution in [0.4, 0.5) is 0 Å². The van der Waals surface area contributed by atoms with E-state index >= 15 is 0 Å². The average molecular weight is 233 g/mol. The Kier molecular flexibility index (Phi) is 2.95. The number of nitrogens with one attached hydrogen (secondary N) is 1. The van der Waals surface area contributed by atoms with Gasteiger partial charge in [0.05, 0.1) is 5.54 Å². The highest BCUT2D eigenvalue weighted by atomic mass is 15.0. The number of rotatable bonds is 2. The summed E-state index contributed by atoms with van der Waals surface area (Å²) in [5.74, 6) is 1.74. The Morgan fingerprint density at radius 3 is 2.53 bits per heavy atom. The number of nitrogens with two attached hydrogens (primary N) is 1. The number of hydrogen-bond acceptors (Lipinski definition) is 2. The molecule has 0 bridgehead atoms. The van der Waals surface area contributed by atoms with Crippen LogP contribution >= 0.6 is 0 Å². The van der Waals surface area contributed by atoms with Crippen LogP contribution in [-0.2, 0) is 5.54 Å². The molecule has 3 N–H and O–H groups in total. The Morgan fingerprint density at radius 1 is 1.12 bits per heavy atom. The number of aromatic nitrogens is 2. The third kappa shape index (κ3) is 2.13. The van der Waals surface area contributed by atoms with Gasteiger partial charge < -0.3 is 10.7 Å². The van der Waals surface area contributed by atoms with E-state index in [4.69, 9.17) is 5.73 Å². The van der Waals surface area contributed by atoms with Crippen molar-refractivity contribution >= 4 is 0 Å². The van der Waals surface area contributed by atoms with Crippen LogP contribution in [0, 0.1) is 0 Å². The maximum absolute atomic E-state index is 6.43. The number of aromatic amines is 1. The van der Waals surface area contributed by atoms with E-state index in [1.54, 1.807) is 0 Å². The Labute approximate surface area is 103 Å². The van der Waals surface area contributed by atoms with Gasteiger partial charge in [0, 0.05) is 17.8 Å². The van der Waals surface area contributed by atoms with E-state index in [2.05, 4.69) is 9.97 Å². The second-order valence-corrected chi connectivity index (χ2v) is 5.89. The van der Waals surface area contributed by atoms with E-state index < -0.39 is 0 Å². The molecular formula is C14H23N3. The zero-order valence-corrected chi connectivity index (χ0v) is 10.5. The molecule has 0 spiro atoms. The van der Waals surface area contributed by atoms with E-state index in [-0.39, 0.29) is 5.54 Å². The van der Waals surface area contributed by atoms with E-state index in [1.807, 2.05) is 6.20 Å². The van der Waals surface area contributed by atoms with Crippen molar-refractivity contribution in [1.29, 1.82) is 0 Å². The van der Waals surface area contributed by atoms with Crippen LogP contribution in [0.3, 0.4) is 0 Å². The van der Waals surface area contributed by atoms with Gasteiger partial charge in [0.1, 0.15) is 5.82 Å². The minimum absolute atomic E-state index is 0.160. The van der Waals surface area contributed by atoms with Crippen LogP contribution < -0.4 is 5.73 Å². The molecule has 17 heavy (non-hydrogen) atoms. The molecule has 2 saturated carbocycles. The second kappa shape index (κ2) is 4.45. The lowest BCUT2D eigenvalue weighted by Crippen LogP contribution is -2.34. The summed E-state index contributed by atoms with van der Waals surface area (Å²) >= 11 is 0. The zero-order valence-electron chi connectivity index (χ0n) is 10.5. The third-order valence-corrected chi connectivity index (χ3v) is 4.61. The van der Waals surface area contributed by atoms with Crippen molar-refractivity contribution in [3.05, 3.63) is 17.7 Å². The van der Waals surface area contributed by atoms with Crippen LogP contribution in [0.25, 0.3) is 0 Å². The second-order valence-electron chi connectivity index (χ2n) is 5.89. The Balaban J connectivity index is 1.77. The molecule has 94 valence electrons. The number of nitrogens with zero attached hydrogens (tertiary/aromatic N) is 1. The van der Waals surface area contributed by atoms with Crippen molar-refractivity contribution < 1.29 is 0 Å². The van der Waals surface area contributed by atoms with Gasteiger partial charge >= 0.3 is 0 Å². The van der Waals surface area contributed by atoms with E-state index in [0.29, 0.717) is 5.92 Å². The van der Waals surface area contributed by atoms with Gasteiger partial charge in [-0.05, 0) is 25.7 Å². The average Bonchev–Trinajstić information content (AvgIpc) is 2.99. The number of H-pyrrole nitrogens is 1.